The standard InChI is InChI=1S/C19H25NO/c1-4-21-19-8-6-5-7-17(19)13-18(20)16-11-9-15(10-12-16)14(2)3/h5-12,14,18H,4,13,20H2,1-3H3. The molecule has 0 radical (unpaired) electrons. The van der Waals surface area contributed by atoms with Crippen molar-refractivity contribution in [3.05, 3.63) is 65.2 Å². The average Bonchev–Trinajstić information content (AvgIpc) is 2.49. The van der Waals surface area contributed by atoms with Gasteiger partial charge in [-0.1, -0.05) is 56.3 Å². The number of ether oxygens (including phenoxy) is 1. The van der Waals surface area contributed by atoms with Gasteiger partial charge in [0.15, 0.2) is 0 Å². The summed E-state index contributed by atoms with van der Waals surface area (Å²) < 4.78 is 5.67. The van der Waals surface area contributed by atoms with Gasteiger partial charge in [-0.2, -0.15) is 0 Å². The zero-order chi connectivity index (χ0) is 15.2. The molecular weight excluding hydrogens is 258 g/mol. The third-order valence-electron chi connectivity index (χ3n) is 3.74. The molecule has 0 spiro atoms. The lowest BCUT2D eigenvalue weighted by Gasteiger charge is -2.16. The van der Waals surface area contributed by atoms with Gasteiger partial charge in [0.1, 0.15) is 5.75 Å². The number of nitrogens with two attached hydrogens (primary N) is 1. The third kappa shape index (κ3) is 4.08. The lowest BCUT2D eigenvalue weighted by molar-refractivity contribution is 0.335. The van der Waals surface area contributed by atoms with Crippen molar-refractivity contribution in [2.45, 2.75) is 39.2 Å². The van der Waals surface area contributed by atoms with E-state index in [1.165, 1.54) is 16.7 Å². The van der Waals surface area contributed by atoms with Crippen molar-refractivity contribution in [2.75, 3.05) is 6.61 Å². The predicted molar refractivity (Wildman–Crippen MR) is 88.8 cm³/mol. The van der Waals surface area contributed by atoms with Crippen molar-refractivity contribution in [1.82, 2.24) is 0 Å². The van der Waals surface area contributed by atoms with Gasteiger partial charge >= 0.3 is 0 Å². The fourth-order valence-electron chi connectivity index (χ4n) is 2.45. The number of hydrogen-bond donors (Lipinski definition) is 1. The van der Waals surface area contributed by atoms with Gasteiger partial charge < -0.3 is 10.5 Å². The van der Waals surface area contributed by atoms with Gasteiger partial charge in [-0.15, -0.1) is 0 Å². The first-order chi connectivity index (χ1) is 10.1. The third-order valence-corrected chi connectivity index (χ3v) is 3.74. The first kappa shape index (κ1) is 15.6. The van der Waals surface area contributed by atoms with Crippen molar-refractivity contribution in [3.8, 4) is 5.75 Å². The van der Waals surface area contributed by atoms with Crippen molar-refractivity contribution in [1.29, 1.82) is 0 Å². The van der Waals surface area contributed by atoms with Gasteiger partial charge in [0, 0.05) is 6.04 Å². The molecule has 0 aromatic heterocycles. The molecular formula is C19H25NO. The molecule has 2 heteroatoms. The molecule has 2 rings (SSSR count). The molecule has 2 aromatic rings. The molecule has 0 aliphatic heterocycles. The summed E-state index contributed by atoms with van der Waals surface area (Å²) in [5.41, 5.74) is 10.0. The van der Waals surface area contributed by atoms with Gasteiger partial charge in [-0.25, -0.2) is 0 Å². The molecule has 1 unspecified atom stereocenters. The van der Waals surface area contributed by atoms with Crippen LogP contribution in [0.15, 0.2) is 48.5 Å². The Bertz CT molecular complexity index is 560. The van der Waals surface area contributed by atoms with E-state index in [-0.39, 0.29) is 6.04 Å². The monoisotopic (exact) mass is 283 g/mol. The van der Waals surface area contributed by atoms with Crippen LogP contribution in [-0.2, 0) is 6.42 Å². The summed E-state index contributed by atoms with van der Waals surface area (Å²) in [7, 11) is 0. The van der Waals surface area contributed by atoms with Crippen molar-refractivity contribution < 1.29 is 4.74 Å². The lowest BCUT2D eigenvalue weighted by atomic mass is 9.96. The molecule has 0 aliphatic rings. The highest BCUT2D eigenvalue weighted by atomic mass is 16.5. The summed E-state index contributed by atoms with van der Waals surface area (Å²) in [6.45, 7) is 7.08. The van der Waals surface area contributed by atoms with E-state index in [1.807, 2.05) is 25.1 Å². The van der Waals surface area contributed by atoms with E-state index in [0.717, 1.165) is 12.2 Å². The molecule has 0 saturated heterocycles. The topological polar surface area (TPSA) is 35.2 Å². The zero-order valence-electron chi connectivity index (χ0n) is 13.2. The second-order valence-electron chi connectivity index (χ2n) is 5.67. The second kappa shape index (κ2) is 7.28. The van der Waals surface area contributed by atoms with E-state index >= 15 is 0 Å². The molecule has 2 nitrogen and oxygen atoms in total. The summed E-state index contributed by atoms with van der Waals surface area (Å²) in [5.74, 6) is 1.49. The van der Waals surface area contributed by atoms with Gasteiger partial charge in [0.25, 0.3) is 0 Å². The van der Waals surface area contributed by atoms with Crippen LogP contribution >= 0.6 is 0 Å². The number of benzene rings is 2. The highest BCUT2D eigenvalue weighted by molar-refractivity contribution is 5.36. The Balaban J connectivity index is 2.12. The molecule has 0 fully saturated rings. The Morgan fingerprint density at radius 1 is 0.952 bits per heavy atom. The smallest absolute Gasteiger partial charge is 0.122 e. The maximum Gasteiger partial charge on any atom is 0.122 e. The molecule has 0 amide bonds. The molecule has 21 heavy (non-hydrogen) atoms. The van der Waals surface area contributed by atoms with E-state index in [0.29, 0.717) is 12.5 Å². The van der Waals surface area contributed by atoms with Gasteiger partial charge in [0.2, 0.25) is 0 Å². The lowest BCUT2D eigenvalue weighted by Crippen LogP contribution is -2.14. The van der Waals surface area contributed by atoms with Gasteiger partial charge in [0.05, 0.1) is 6.61 Å². The SMILES string of the molecule is CCOc1ccccc1CC(N)c1ccc(C(C)C)cc1. The average molecular weight is 283 g/mol. The summed E-state index contributed by atoms with van der Waals surface area (Å²) in [4.78, 5) is 0. The first-order valence-corrected chi connectivity index (χ1v) is 7.68. The van der Waals surface area contributed by atoms with Crippen LogP contribution in [0.25, 0.3) is 0 Å². The Morgan fingerprint density at radius 3 is 2.19 bits per heavy atom. The summed E-state index contributed by atoms with van der Waals surface area (Å²) in [6, 6.07) is 16.8. The Morgan fingerprint density at radius 2 is 1.57 bits per heavy atom. The largest absolute Gasteiger partial charge is 0.494 e. The minimum atomic E-state index is -0.00665. The maximum atomic E-state index is 6.36. The zero-order valence-corrected chi connectivity index (χ0v) is 13.2. The van der Waals surface area contributed by atoms with E-state index in [4.69, 9.17) is 10.5 Å². The van der Waals surface area contributed by atoms with E-state index in [9.17, 15) is 0 Å². The van der Waals surface area contributed by atoms with E-state index < -0.39 is 0 Å². The molecule has 0 bridgehead atoms. The maximum absolute atomic E-state index is 6.36. The molecule has 2 N–H and O–H groups in total. The normalized spacial score (nSPS) is 12.4. The van der Waals surface area contributed by atoms with Crippen molar-refractivity contribution in [3.63, 3.8) is 0 Å². The Hall–Kier alpha value is -1.80. The summed E-state index contributed by atoms with van der Waals surface area (Å²) in [5, 5.41) is 0. The van der Waals surface area contributed by atoms with E-state index in [1.54, 1.807) is 0 Å². The molecule has 0 heterocycles. The Kier molecular flexibility index (Phi) is 5.40. The van der Waals surface area contributed by atoms with Crippen LogP contribution in [0.1, 0.15) is 49.4 Å². The van der Waals surface area contributed by atoms with Crippen LogP contribution in [0.3, 0.4) is 0 Å². The molecule has 0 aliphatic carbocycles. The quantitative estimate of drug-likeness (QED) is 0.850. The Labute approximate surface area is 127 Å². The van der Waals surface area contributed by atoms with E-state index in [2.05, 4.69) is 44.2 Å². The number of hydrogen-bond acceptors (Lipinski definition) is 2. The summed E-state index contributed by atoms with van der Waals surface area (Å²) >= 11 is 0. The van der Waals surface area contributed by atoms with Crippen LogP contribution in [-0.4, -0.2) is 6.61 Å². The van der Waals surface area contributed by atoms with Crippen LogP contribution in [0.2, 0.25) is 0 Å². The van der Waals surface area contributed by atoms with Crippen LogP contribution < -0.4 is 10.5 Å². The van der Waals surface area contributed by atoms with Gasteiger partial charge in [-0.05, 0) is 42.0 Å². The highest BCUT2D eigenvalue weighted by Gasteiger charge is 2.11. The fourth-order valence-corrected chi connectivity index (χ4v) is 2.45. The van der Waals surface area contributed by atoms with Crippen LogP contribution in [0.5, 0.6) is 5.75 Å². The fraction of sp³-hybridized carbons (Fsp3) is 0.368. The molecule has 2 aromatic carbocycles. The molecule has 0 saturated carbocycles. The van der Waals surface area contributed by atoms with Crippen LogP contribution in [0.4, 0.5) is 0 Å². The van der Waals surface area contributed by atoms with Crippen molar-refractivity contribution >= 4 is 0 Å². The second-order valence-corrected chi connectivity index (χ2v) is 5.67. The first-order valence-electron chi connectivity index (χ1n) is 7.68. The van der Waals surface area contributed by atoms with Crippen LogP contribution in [0, 0.1) is 0 Å². The minimum Gasteiger partial charge on any atom is -0.494 e. The molecule has 112 valence electrons. The van der Waals surface area contributed by atoms with Crippen molar-refractivity contribution in [2.24, 2.45) is 5.73 Å². The summed E-state index contributed by atoms with van der Waals surface area (Å²) in [6.07, 6.45) is 0.789. The predicted octanol–water partition coefficient (Wildman–Crippen LogP) is 4.45. The highest BCUT2D eigenvalue weighted by Crippen LogP contribution is 2.25. The number of rotatable bonds is 6. The minimum absolute atomic E-state index is 0.00665. The van der Waals surface area contributed by atoms with Gasteiger partial charge in [-0.3, -0.25) is 0 Å². The number of para-hydroxylation sites is 1. The molecule has 1 atom stereocenters.